The molecule has 2 saturated heterocycles. The number of nitrogens with one attached hydrogen (secondary N) is 2. The summed E-state index contributed by atoms with van der Waals surface area (Å²) in [7, 11) is 0. The number of likely N-dealkylation sites (tertiary alicyclic amines) is 1. The summed E-state index contributed by atoms with van der Waals surface area (Å²) in [6, 6.07) is 8.26. The molecule has 2 atom stereocenters. The Morgan fingerprint density at radius 2 is 2.16 bits per heavy atom. The molecule has 0 spiro atoms. The van der Waals surface area contributed by atoms with E-state index < -0.39 is 0 Å². The van der Waals surface area contributed by atoms with Crippen molar-refractivity contribution in [3.63, 3.8) is 0 Å². The van der Waals surface area contributed by atoms with Crippen molar-refractivity contribution in [2.45, 2.75) is 44.6 Å². The second kappa shape index (κ2) is 11.4. The Hall–Kier alpha value is -2.52. The molecule has 170 valence electrons. The van der Waals surface area contributed by atoms with Gasteiger partial charge in [0.05, 0.1) is 18.1 Å². The van der Waals surface area contributed by atoms with Crippen LogP contribution >= 0.6 is 11.6 Å². The van der Waals surface area contributed by atoms with Gasteiger partial charge in [-0.1, -0.05) is 29.8 Å². The van der Waals surface area contributed by atoms with Crippen molar-refractivity contribution in [3.8, 4) is 0 Å². The second-order valence-corrected chi connectivity index (χ2v) is 8.40. The maximum Gasteiger partial charge on any atom is 0.267 e. The van der Waals surface area contributed by atoms with Crippen LogP contribution in [0.4, 0.5) is 5.82 Å². The molecule has 32 heavy (non-hydrogen) atoms. The zero-order valence-electron chi connectivity index (χ0n) is 17.9. The van der Waals surface area contributed by atoms with Crippen LogP contribution < -0.4 is 10.8 Å². The topological polar surface area (TPSA) is 88.6 Å². The molecule has 2 aliphatic rings. The SMILES string of the molecule is O=C(/C=C/c1cnc(N[C@@H]2CCN(Cc3ccccc3Cl)C2)cn1)NOC1CCCCO1. The van der Waals surface area contributed by atoms with Crippen LogP contribution in [0.25, 0.3) is 6.08 Å². The molecule has 2 N–H and O–H groups in total. The number of benzene rings is 1. The van der Waals surface area contributed by atoms with Crippen LogP contribution in [0.3, 0.4) is 0 Å². The zero-order valence-corrected chi connectivity index (χ0v) is 18.6. The lowest BCUT2D eigenvalue weighted by Gasteiger charge is -2.21. The van der Waals surface area contributed by atoms with E-state index >= 15 is 0 Å². The lowest BCUT2D eigenvalue weighted by Crippen LogP contribution is -2.32. The van der Waals surface area contributed by atoms with Gasteiger partial charge in [-0.2, -0.15) is 0 Å². The van der Waals surface area contributed by atoms with E-state index in [0.717, 1.165) is 55.9 Å². The van der Waals surface area contributed by atoms with Crippen molar-refractivity contribution in [2.24, 2.45) is 0 Å². The first kappa shape index (κ1) is 22.7. The molecule has 2 aromatic rings. The lowest BCUT2D eigenvalue weighted by atomic mass is 10.2. The Morgan fingerprint density at radius 1 is 1.25 bits per heavy atom. The highest BCUT2D eigenvalue weighted by Gasteiger charge is 2.23. The summed E-state index contributed by atoms with van der Waals surface area (Å²) < 4.78 is 5.40. The number of anilines is 1. The third-order valence-corrected chi connectivity index (χ3v) is 5.85. The van der Waals surface area contributed by atoms with E-state index in [2.05, 4.69) is 31.7 Å². The Labute approximate surface area is 192 Å². The average molecular weight is 458 g/mol. The van der Waals surface area contributed by atoms with Crippen molar-refractivity contribution in [1.82, 2.24) is 20.3 Å². The molecule has 1 amide bonds. The number of hydrogen-bond donors (Lipinski definition) is 2. The van der Waals surface area contributed by atoms with E-state index in [1.54, 1.807) is 18.5 Å². The number of carbonyl (C=O) groups excluding carboxylic acids is 1. The van der Waals surface area contributed by atoms with Crippen LogP contribution in [-0.4, -0.2) is 52.8 Å². The predicted molar refractivity (Wildman–Crippen MR) is 123 cm³/mol. The molecule has 2 aliphatic heterocycles. The number of aromatic nitrogens is 2. The molecule has 9 heteroatoms. The van der Waals surface area contributed by atoms with E-state index in [9.17, 15) is 4.79 Å². The number of rotatable bonds is 8. The standard InChI is InChI=1S/C23H28ClN5O3/c24-20-6-2-1-5-17(20)15-29-11-10-19(16-29)27-21-14-25-18(13-26-21)8-9-22(30)28-32-23-7-3-4-12-31-23/h1-2,5-6,8-9,13-14,19,23H,3-4,7,10-12,15-16H2,(H,26,27)(H,28,30)/b9-8+/t19-,23?/m1/s1. The summed E-state index contributed by atoms with van der Waals surface area (Å²) in [5, 5.41) is 4.24. The average Bonchev–Trinajstić information content (AvgIpc) is 3.26. The number of carbonyl (C=O) groups is 1. The minimum absolute atomic E-state index is 0.304. The molecule has 0 saturated carbocycles. The van der Waals surface area contributed by atoms with Gasteiger partial charge in [0.1, 0.15) is 5.82 Å². The highest BCUT2D eigenvalue weighted by molar-refractivity contribution is 6.31. The number of hydroxylamine groups is 1. The Morgan fingerprint density at radius 3 is 2.94 bits per heavy atom. The van der Waals surface area contributed by atoms with Gasteiger partial charge in [0.25, 0.3) is 5.91 Å². The summed E-state index contributed by atoms with van der Waals surface area (Å²) >= 11 is 6.28. The summed E-state index contributed by atoms with van der Waals surface area (Å²) in [6.07, 6.45) is 9.77. The van der Waals surface area contributed by atoms with E-state index in [4.69, 9.17) is 21.2 Å². The fourth-order valence-corrected chi connectivity index (χ4v) is 3.99. The van der Waals surface area contributed by atoms with Gasteiger partial charge in [0.15, 0.2) is 6.29 Å². The van der Waals surface area contributed by atoms with Gasteiger partial charge in [-0.3, -0.25) is 14.7 Å². The first-order valence-corrected chi connectivity index (χ1v) is 11.3. The lowest BCUT2D eigenvalue weighted by molar-refractivity contribution is -0.198. The fourth-order valence-electron chi connectivity index (χ4n) is 3.79. The van der Waals surface area contributed by atoms with Crippen molar-refractivity contribution in [1.29, 1.82) is 0 Å². The fraction of sp³-hybridized carbons (Fsp3) is 0.435. The van der Waals surface area contributed by atoms with Crippen molar-refractivity contribution in [2.75, 3.05) is 25.0 Å². The van der Waals surface area contributed by atoms with E-state index in [1.807, 2.05) is 18.2 Å². The predicted octanol–water partition coefficient (Wildman–Crippen LogP) is 3.40. The van der Waals surface area contributed by atoms with Gasteiger partial charge in [-0.25, -0.2) is 15.3 Å². The van der Waals surface area contributed by atoms with Gasteiger partial charge < -0.3 is 10.1 Å². The molecule has 0 aliphatic carbocycles. The number of ether oxygens (including phenoxy) is 1. The maximum atomic E-state index is 11.9. The molecule has 0 radical (unpaired) electrons. The smallest absolute Gasteiger partial charge is 0.267 e. The number of halogens is 1. The van der Waals surface area contributed by atoms with Gasteiger partial charge in [0, 0.05) is 49.8 Å². The normalized spacial score (nSPS) is 21.7. The summed E-state index contributed by atoms with van der Waals surface area (Å²) in [5.74, 6) is 0.349. The van der Waals surface area contributed by atoms with Crippen LogP contribution in [0.5, 0.6) is 0 Å². The zero-order chi connectivity index (χ0) is 22.2. The summed E-state index contributed by atoms with van der Waals surface area (Å²) in [6.45, 7) is 3.41. The van der Waals surface area contributed by atoms with Crippen molar-refractivity contribution in [3.05, 3.63) is 59.0 Å². The van der Waals surface area contributed by atoms with Gasteiger partial charge in [-0.15, -0.1) is 0 Å². The number of hydrogen-bond acceptors (Lipinski definition) is 7. The quantitative estimate of drug-likeness (QED) is 0.464. The van der Waals surface area contributed by atoms with E-state index in [1.165, 1.54) is 6.08 Å². The third kappa shape index (κ3) is 6.74. The van der Waals surface area contributed by atoms with Crippen LogP contribution in [0.2, 0.25) is 5.02 Å². The van der Waals surface area contributed by atoms with E-state index in [-0.39, 0.29) is 12.2 Å². The first-order valence-electron chi connectivity index (χ1n) is 11.0. The highest BCUT2D eigenvalue weighted by atomic mass is 35.5. The van der Waals surface area contributed by atoms with Crippen molar-refractivity contribution >= 4 is 29.4 Å². The monoisotopic (exact) mass is 457 g/mol. The van der Waals surface area contributed by atoms with Crippen LogP contribution in [-0.2, 0) is 20.9 Å². The Balaban J connectivity index is 1.20. The largest absolute Gasteiger partial charge is 0.365 e. The molecule has 1 aromatic heterocycles. The summed E-state index contributed by atoms with van der Waals surface area (Å²) in [4.78, 5) is 28.3. The van der Waals surface area contributed by atoms with Gasteiger partial charge in [0.2, 0.25) is 0 Å². The first-order chi connectivity index (χ1) is 15.7. The molecule has 4 rings (SSSR count). The minimum atomic E-state index is -0.373. The molecular weight excluding hydrogens is 430 g/mol. The highest BCUT2D eigenvalue weighted by Crippen LogP contribution is 2.21. The van der Waals surface area contributed by atoms with Gasteiger partial charge >= 0.3 is 0 Å². The second-order valence-electron chi connectivity index (χ2n) is 8.00. The molecule has 1 unspecified atom stereocenters. The van der Waals surface area contributed by atoms with Crippen LogP contribution in [0.15, 0.2) is 42.7 Å². The molecular formula is C23H28ClN5O3. The van der Waals surface area contributed by atoms with Crippen molar-refractivity contribution < 1.29 is 14.4 Å². The molecule has 1 aromatic carbocycles. The number of amides is 1. The van der Waals surface area contributed by atoms with E-state index in [0.29, 0.717) is 24.2 Å². The van der Waals surface area contributed by atoms with Crippen LogP contribution in [0, 0.1) is 0 Å². The number of nitrogens with zero attached hydrogens (tertiary/aromatic N) is 3. The third-order valence-electron chi connectivity index (χ3n) is 5.48. The molecule has 8 nitrogen and oxygen atoms in total. The summed E-state index contributed by atoms with van der Waals surface area (Å²) in [5.41, 5.74) is 4.12. The maximum absolute atomic E-state index is 11.9. The minimum Gasteiger partial charge on any atom is -0.365 e. The van der Waals surface area contributed by atoms with Gasteiger partial charge in [-0.05, 0) is 37.0 Å². The molecule has 0 bridgehead atoms. The Kier molecular flexibility index (Phi) is 8.06. The molecule has 3 heterocycles. The molecule has 2 fully saturated rings. The Bertz CT molecular complexity index is 918. The van der Waals surface area contributed by atoms with Crippen LogP contribution in [0.1, 0.15) is 36.9 Å².